The largest absolute Gasteiger partial charge is 0.353 e. The van der Waals surface area contributed by atoms with Gasteiger partial charge in [0.15, 0.2) is 0 Å². The molecule has 2 aromatic carbocycles. The summed E-state index contributed by atoms with van der Waals surface area (Å²) >= 11 is 0. The molecule has 2 N–H and O–H groups in total. The van der Waals surface area contributed by atoms with Gasteiger partial charge in [0.25, 0.3) is 0 Å². The van der Waals surface area contributed by atoms with Crippen molar-refractivity contribution >= 4 is 23.2 Å². The standard InChI is InChI=1S/C21H22N4O/c1-2-25(16-17-9-5-3-6-10-17)20-14-13-19(15-22-20)24-21(26)23-18-11-7-4-8-12-18/h3-15H,2,16H2,1H3,(H2,23,24,26). The maximum atomic E-state index is 12.0. The minimum Gasteiger partial charge on any atom is -0.353 e. The summed E-state index contributed by atoms with van der Waals surface area (Å²) < 4.78 is 0. The van der Waals surface area contributed by atoms with Crippen LogP contribution in [0.5, 0.6) is 0 Å². The average Bonchev–Trinajstić information content (AvgIpc) is 2.68. The molecule has 0 saturated carbocycles. The predicted octanol–water partition coefficient (Wildman–Crippen LogP) is 4.75. The number of nitrogens with zero attached hydrogens (tertiary/aromatic N) is 2. The van der Waals surface area contributed by atoms with E-state index < -0.39 is 0 Å². The van der Waals surface area contributed by atoms with Crippen molar-refractivity contribution in [2.45, 2.75) is 13.5 Å². The van der Waals surface area contributed by atoms with Crippen LogP contribution in [0.4, 0.5) is 22.0 Å². The Morgan fingerprint density at radius 2 is 1.54 bits per heavy atom. The minimum atomic E-state index is -0.289. The quantitative estimate of drug-likeness (QED) is 0.677. The Labute approximate surface area is 153 Å². The number of anilines is 3. The van der Waals surface area contributed by atoms with Crippen LogP contribution in [0.2, 0.25) is 0 Å². The van der Waals surface area contributed by atoms with Crippen LogP contribution in [0.3, 0.4) is 0 Å². The van der Waals surface area contributed by atoms with Crippen molar-refractivity contribution in [3.63, 3.8) is 0 Å². The van der Waals surface area contributed by atoms with Crippen LogP contribution in [0, 0.1) is 0 Å². The molecule has 0 unspecified atom stereocenters. The highest BCUT2D eigenvalue weighted by Gasteiger charge is 2.08. The second-order valence-electron chi connectivity index (χ2n) is 5.85. The van der Waals surface area contributed by atoms with Crippen LogP contribution in [0.15, 0.2) is 79.0 Å². The van der Waals surface area contributed by atoms with Gasteiger partial charge in [0.05, 0.1) is 11.9 Å². The Kier molecular flexibility index (Phi) is 5.83. The maximum absolute atomic E-state index is 12.0. The molecule has 0 radical (unpaired) electrons. The zero-order valence-corrected chi connectivity index (χ0v) is 14.7. The molecule has 5 nitrogen and oxygen atoms in total. The highest BCUT2D eigenvalue weighted by molar-refractivity contribution is 5.99. The van der Waals surface area contributed by atoms with E-state index >= 15 is 0 Å². The van der Waals surface area contributed by atoms with Crippen molar-refractivity contribution in [1.29, 1.82) is 0 Å². The topological polar surface area (TPSA) is 57.3 Å². The summed E-state index contributed by atoms with van der Waals surface area (Å²) in [6.45, 7) is 3.75. The number of hydrogen-bond donors (Lipinski definition) is 2. The van der Waals surface area contributed by atoms with Gasteiger partial charge in [-0.2, -0.15) is 0 Å². The second-order valence-corrected chi connectivity index (χ2v) is 5.85. The first-order valence-corrected chi connectivity index (χ1v) is 8.62. The third-order valence-corrected chi connectivity index (χ3v) is 3.96. The molecular weight excluding hydrogens is 324 g/mol. The van der Waals surface area contributed by atoms with Crippen LogP contribution in [-0.4, -0.2) is 17.6 Å². The zero-order valence-electron chi connectivity index (χ0n) is 14.7. The lowest BCUT2D eigenvalue weighted by Gasteiger charge is -2.22. The van der Waals surface area contributed by atoms with Crippen molar-refractivity contribution < 1.29 is 4.79 Å². The van der Waals surface area contributed by atoms with E-state index in [1.165, 1.54) is 5.56 Å². The molecule has 0 saturated heterocycles. The van der Waals surface area contributed by atoms with Gasteiger partial charge in [-0.1, -0.05) is 48.5 Å². The molecule has 3 aromatic rings. The lowest BCUT2D eigenvalue weighted by Crippen LogP contribution is -2.23. The lowest BCUT2D eigenvalue weighted by atomic mass is 10.2. The number of hydrogen-bond acceptors (Lipinski definition) is 3. The van der Waals surface area contributed by atoms with E-state index in [2.05, 4.69) is 39.6 Å². The summed E-state index contributed by atoms with van der Waals surface area (Å²) in [5, 5.41) is 5.58. The first kappa shape index (κ1) is 17.5. The molecule has 5 heteroatoms. The van der Waals surface area contributed by atoms with Gasteiger partial charge in [-0.05, 0) is 36.8 Å². The number of urea groups is 1. The van der Waals surface area contributed by atoms with Crippen molar-refractivity contribution in [3.05, 3.63) is 84.6 Å². The number of benzene rings is 2. The van der Waals surface area contributed by atoms with Gasteiger partial charge < -0.3 is 15.5 Å². The number of nitrogens with one attached hydrogen (secondary N) is 2. The molecule has 0 spiro atoms. The van der Waals surface area contributed by atoms with E-state index in [-0.39, 0.29) is 6.03 Å². The Balaban J connectivity index is 1.61. The molecule has 0 bridgehead atoms. The summed E-state index contributed by atoms with van der Waals surface area (Å²) in [5.41, 5.74) is 2.63. The summed E-state index contributed by atoms with van der Waals surface area (Å²) in [4.78, 5) is 18.7. The van der Waals surface area contributed by atoms with Crippen LogP contribution in [0.25, 0.3) is 0 Å². The second kappa shape index (κ2) is 8.67. The third kappa shape index (κ3) is 4.83. The Hall–Kier alpha value is -3.34. The van der Waals surface area contributed by atoms with Crippen LogP contribution < -0.4 is 15.5 Å². The van der Waals surface area contributed by atoms with Crippen LogP contribution in [-0.2, 0) is 6.54 Å². The monoisotopic (exact) mass is 346 g/mol. The highest BCUT2D eigenvalue weighted by Crippen LogP contribution is 2.17. The molecule has 0 aliphatic rings. The summed E-state index contributed by atoms with van der Waals surface area (Å²) in [6.07, 6.45) is 1.67. The fourth-order valence-electron chi connectivity index (χ4n) is 2.62. The highest BCUT2D eigenvalue weighted by atomic mass is 16.2. The average molecular weight is 346 g/mol. The fraction of sp³-hybridized carbons (Fsp3) is 0.143. The lowest BCUT2D eigenvalue weighted by molar-refractivity contribution is 0.262. The van der Waals surface area contributed by atoms with Gasteiger partial charge in [0, 0.05) is 18.8 Å². The first-order chi connectivity index (χ1) is 12.7. The summed E-state index contributed by atoms with van der Waals surface area (Å²) in [5.74, 6) is 0.880. The van der Waals surface area contributed by atoms with E-state index in [4.69, 9.17) is 0 Å². The molecule has 0 aliphatic heterocycles. The van der Waals surface area contributed by atoms with E-state index in [9.17, 15) is 4.79 Å². The smallest absolute Gasteiger partial charge is 0.323 e. The maximum Gasteiger partial charge on any atom is 0.323 e. The Morgan fingerprint density at radius 1 is 0.885 bits per heavy atom. The van der Waals surface area contributed by atoms with Crippen LogP contribution in [0.1, 0.15) is 12.5 Å². The SMILES string of the molecule is CCN(Cc1ccccc1)c1ccc(NC(=O)Nc2ccccc2)cn1. The van der Waals surface area contributed by atoms with Gasteiger partial charge in [-0.3, -0.25) is 0 Å². The molecule has 2 amide bonds. The van der Waals surface area contributed by atoms with E-state index in [1.807, 2.05) is 60.7 Å². The van der Waals surface area contributed by atoms with Crippen molar-refractivity contribution in [2.75, 3.05) is 22.1 Å². The third-order valence-electron chi connectivity index (χ3n) is 3.96. The number of para-hydroxylation sites is 1. The van der Waals surface area contributed by atoms with Crippen molar-refractivity contribution in [3.8, 4) is 0 Å². The van der Waals surface area contributed by atoms with Crippen molar-refractivity contribution in [2.24, 2.45) is 0 Å². The predicted molar refractivity (Wildman–Crippen MR) is 106 cm³/mol. The zero-order chi connectivity index (χ0) is 18.2. The Morgan fingerprint density at radius 3 is 2.15 bits per heavy atom. The molecule has 132 valence electrons. The number of amides is 2. The minimum absolute atomic E-state index is 0.289. The normalized spacial score (nSPS) is 10.2. The van der Waals surface area contributed by atoms with E-state index in [1.54, 1.807) is 6.20 Å². The number of rotatable bonds is 6. The number of carbonyl (C=O) groups excluding carboxylic acids is 1. The van der Waals surface area contributed by atoms with Gasteiger partial charge >= 0.3 is 6.03 Å². The molecule has 1 heterocycles. The Bertz CT molecular complexity index is 820. The van der Waals surface area contributed by atoms with Gasteiger partial charge in [0.1, 0.15) is 5.82 Å². The van der Waals surface area contributed by atoms with Gasteiger partial charge in [0.2, 0.25) is 0 Å². The van der Waals surface area contributed by atoms with Crippen LogP contribution >= 0.6 is 0 Å². The first-order valence-electron chi connectivity index (χ1n) is 8.62. The number of aromatic nitrogens is 1. The molecule has 3 rings (SSSR count). The van der Waals surface area contributed by atoms with E-state index in [0.29, 0.717) is 5.69 Å². The molecule has 0 aliphatic carbocycles. The summed E-state index contributed by atoms with van der Waals surface area (Å²) in [7, 11) is 0. The molecule has 0 fully saturated rings. The summed E-state index contributed by atoms with van der Waals surface area (Å²) in [6, 6.07) is 23.1. The van der Waals surface area contributed by atoms with Gasteiger partial charge in [-0.25, -0.2) is 9.78 Å². The number of carbonyl (C=O) groups is 1. The number of pyridine rings is 1. The van der Waals surface area contributed by atoms with Gasteiger partial charge in [-0.15, -0.1) is 0 Å². The van der Waals surface area contributed by atoms with E-state index in [0.717, 1.165) is 24.6 Å². The van der Waals surface area contributed by atoms with Crippen molar-refractivity contribution in [1.82, 2.24) is 4.98 Å². The molecular formula is C21H22N4O. The molecule has 1 aromatic heterocycles. The molecule has 26 heavy (non-hydrogen) atoms. The molecule has 0 atom stereocenters. The fourth-order valence-corrected chi connectivity index (χ4v) is 2.62.